The molecule has 1 unspecified atom stereocenters. The molecule has 0 nitrogen and oxygen atoms in total. The van der Waals surface area contributed by atoms with Crippen LogP contribution in [0.5, 0.6) is 0 Å². The van der Waals surface area contributed by atoms with E-state index in [-0.39, 0.29) is 0 Å². The van der Waals surface area contributed by atoms with Crippen LogP contribution >= 0.6 is 0 Å². The van der Waals surface area contributed by atoms with Crippen LogP contribution in [0.4, 0.5) is 0 Å². The second-order valence-corrected chi connectivity index (χ2v) is 4.20. The Hall–Kier alpha value is 0. The van der Waals surface area contributed by atoms with Gasteiger partial charge in [-0.2, -0.15) is 0 Å². The van der Waals surface area contributed by atoms with E-state index in [2.05, 4.69) is 27.7 Å². The molecule has 0 aliphatic carbocycles. The molecule has 1 atom stereocenters. The smallest absolute Gasteiger partial charge is 0.0241 e. The molecular weight excluding hydrogens is 156 g/mol. The molecule has 0 saturated carbocycles. The van der Waals surface area contributed by atoms with Crippen LogP contribution in [0.3, 0.4) is 0 Å². The van der Waals surface area contributed by atoms with Gasteiger partial charge in [0.05, 0.1) is 0 Å². The van der Waals surface area contributed by atoms with Crippen molar-refractivity contribution in [2.45, 2.75) is 72.6 Å². The Morgan fingerprint density at radius 2 is 1.69 bits per heavy atom. The fraction of sp³-hybridized carbons (Fsp3) is 0.923. The molecule has 0 aromatic heterocycles. The van der Waals surface area contributed by atoms with Gasteiger partial charge in [-0.1, -0.05) is 59.8 Å². The zero-order valence-corrected chi connectivity index (χ0v) is 10.0. The third-order valence-corrected chi connectivity index (χ3v) is 2.99. The van der Waals surface area contributed by atoms with Gasteiger partial charge in [-0.15, -0.1) is 0 Å². The van der Waals surface area contributed by atoms with Crippen molar-refractivity contribution in [1.82, 2.24) is 0 Å². The molecule has 13 heavy (non-hydrogen) atoms. The lowest BCUT2D eigenvalue weighted by Crippen LogP contribution is -2.08. The molecule has 0 aliphatic heterocycles. The fourth-order valence-electron chi connectivity index (χ4n) is 2.04. The van der Waals surface area contributed by atoms with E-state index in [4.69, 9.17) is 0 Å². The second-order valence-electron chi connectivity index (χ2n) is 4.20. The average molecular weight is 183 g/mol. The first-order chi connectivity index (χ1) is 6.26. The molecule has 0 saturated heterocycles. The Morgan fingerprint density at radius 1 is 1.00 bits per heavy atom. The maximum absolute atomic E-state index is 2.35. The largest absolute Gasteiger partial charge is 0.0654 e. The highest BCUT2D eigenvalue weighted by atomic mass is 14.2. The molecule has 0 bridgehead atoms. The van der Waals surface area contributed by atoms with E-state index in [9.17, 15) is 0 Å². The normalized spacial score (nSPS) is 13.6. The first-order valence-corrected chi connectivity index (χ1v) is 6.08. The van der Waals surface area contributed by atoms with E-state index in [1.54, 1.807) is 5.92 Å². The standard InChI is InChI=1S/C13H27/c1-5-8-9-11-13(7-3)12(4)10-6-2/h13H,5-11H2,1-4H3. The summed E-state index contributed by atoms with van der Waals surface area (Å²) in [6, 6.07) is 0. The zero-order chi connectivity index (χ0) is 10.1. The predicted molar refractivity (Wildman–Crippen MR) is 61.7 cm³/mol. The van der Waals surface area contributed by atoms with Gasteiger partial charge in [0.2, 0.25) is 0 Å². The molecule has 79 valence electrons. The third-order valence-electron chi connectivity index (χ3n) is 2.99. The van der Waals surface area contributed by atoms with Gasteiger partial charge in [0.15, 0.2) is 0 Å². The van der Waals surface area contributed by atoms with E-state index in [1.807, 2.05) is 0 Å². The molecule has 0 amide bonds. The Morgan fingerprint density at radius 3 is 2.15 bits per heavy atom. The zero-order valence-electron chi connectivity index (χ0n) is 10.0. The topological polar surface area (TPSA) is 0 Å². The number of unbranched alkanes of at least 4 members (excludes halogenated alkanes) is 2. The summed E-state index contributed by atoms with van der Waals surface area (Å²) in [6.07, 6.45) is 9.61. The summed E-state index contributed by atoms with van der Waals surface area (Å²) < 4.78 is 0. The Bertz CT molecular complexity index is 96.2. The Labute approximate surface area is 85.1 Å². The molecule has 0 heterocycles. The summed E-state index contributed by atoms with van der Waals surface area (Å²) in [5, 5.41) is 0. The summed E-state index contributed by atoms with van der Waals surface area (Å²) in [4.78, 5) is 0. The summed E-state index contributed by atoms with van der Waals surface area (Å²) in [5.41, 5.74) is 0. The molecule has 0 aromatic carbocycles. The van der Waals surface area contributed by atoms with Gasteiger partial charge in [-0.3, -0.25) is 0 Å². The van der Waals surface area contributed by atoms with Gasteiger partial charge in [0.25, 0.3) is 0 Å². The van der Waals surface area contributed by atoms with Crippen molar-refractivity contribution < 1.29 is 0 Å². The maximum atomic E-state index is 2.35. The quantitative estimate of drug-likeness (QED) is 0.465. The van der Waals surface area contributed by atoms with Crippen molar-refractivity contribution in [3.63, 3.8) is 0 Å². The van der Waals surface area contributed by atoms with Crippen LogP contribution in [0.2, 0.25) is 0 Å². The minimum absolute atomic E-state index is 0.909. The van der Waals surface area contributed by atoms with E-state index in [0.717, 1.165) is 5.92 Å². The van der Waals surface area contributed by atoms with Crippen molar-refractivity contribution >= 4 is 0 Å². The fourth-order valence-corrected chi connectivity index (χ4v) is 2.04. The molecule has 0 aromatic rings. The van der Waals surface area contributed by atoms with Gasteiger partial charge in [0, 0.05) is 0 Å². The molecule has 0 rings (SSSR count). The van der Waals surface area contributed by atoms with Crippen LogP contribution in [0, 0.1) is 11.8 Å². The van der Waals surface area contributed by atoms with Crippen LogP contribution in [0.1, 0.15) is 72.6 Å². The van der Waals surface area contributed by atoms with E-state index >= 15 is 0 Å². The van der Waals surface area contributed by atoms with Crippen LogP contribution in [-0.4, -0.2) is 0 Å². The Balaban J connectivity index is 3.60. The highest BCUT2D eigenvalue weighted by molar-refractivity contribution is 4.90. The summed E-state index contributed by atoms with van der Waals surface area (Å²) in [6.45, 7) is 9.24. The molecule has 0 N–H and O–H groups in total. The number of hydrogen-bond acceptors (Lipinski definition) is 0. The number of hydrogen-bond donors (Lipinski definition) is 0. The average Bonchev–Trinajstić information content (AvgIpc) is 2.13. The van der Waals surface area contributed by atoms with Crippen LogP contribution < -0.4 is 0 Å². The van der Waals surface area contributed by atoms with E-state index < -0.39 is 0 Å². The van der Waals surface area contributed by atoms with Crippen LogP contribution in [-0.2, 0) is 0 Å². The Kier molecular flexibility index (Phi) is 8.59. The maximum Gasteiger partial charge on any atom is -0.0241 e. The lowest BCUT2D eigenvalue weighted by atomic mass is 9.84. The summed E-state index contributed by atoms with van der Waals surface area (Å²) in [7, 11) is 0. The molecule has 0 aliphatic rings. The van der Waals surface area contributed by atoms with E-state index in [1.165, 1.54) is 44.9 Å². The van der Waals surface area contributed by atoms with Crippen molar-refractivity contribution in [3.05, 3.63) is 5.92 Å². The highest BCUT2D eigenvalue weighted by Gasteiger charge is 2.14. The van der Waals surface area contributed by atoms with Gasteiger partial charge < -0.3 is 0 Å². The minimum Gasteiger partial charge on any atom is -0.0654 e. The van der Waals surface area contributed by atoms with Crippen molar-refractivity contribution in [2.24, 2.45) is 5.92 Å². The van der Waals surface area contributed by atoms with Gasteiger partial charge in [-0.25, -0.2) is 0 Å². The lowest BCUT2D eigenvalue weighted by Gasteiger charge is -2.21. The molecule has 0 spiro atoms. The van der Waals surface area contributed by atoms with Crippen molar-refractivity contribution in [2.75, 3.05) is 0 Å². The molecular formula is C13H27. The third kappa shape index (κ3) is 6.12. The highest BCUT2D eigenvalue weighted by Crippen LogP contribution is 2.27. The predicted octanol–water partition coefficient (Wildman–Crippen LogP) is 4.99. The lowest BCUT2D eigenvalue weighted by molar-refractivity contribution is 0.438. The van der Waals surface area contributed by atoms with Crippen LogP contribution in [0.25, 0.3) is 0 Å². The SMILES string of the molecule is CCCCCC(CC)[C](C)CCC. The first kappa shape index (κ1) is 13.0. The van der Waals surface area contributed by atoms with Gasteiger partial charge >= 0.3 is 0 Å². The second kappa shape index (κ2) is 8.59. The van der Waals surface area contributed by atoms with Crippen molar-refractivity contribution in [3.8, 4) is 0 Å². The molecule has 1 radical (unpaired) electrons. The minimum atomic E-state index is 0.909. The summed E-state index contributed by atoms with van der Waals surface area (Å²) >= 11 is 0. The van der Waals surface area contributed by atoms with E-state index in [0.29, 0.717) is 0 Å². The van der Waals surface area contributed by atoms with Crippen LogP contribution in [0.15, 0.2) is 0 Å². The molecule has 0 fully saturated rings. The van der Waals surface area contributed by atoms with Gasteiger partial charge in [-0.05, 0) is 24.7 Å². The number of rotatable bonds is 8. The monoisotopic (exact) mass is 183 g/mol. The first-order valence-electron chi connectivity index (χ1n) is 6.08. The van der Waals surface area contributed by atoms with Crippen molar-refractivity contribution in [1.29, 1.82) is 0 Å². The van der Waals surface area contributed by atoms with Gasteiger partial charge in [0.1, 0.15) is 0 Å². The molecule has 0 heteroatoms. The summed E-state index contributed by atoms with van der Waals surface area (Å²) in [5.74, 6) is 2.65.